The number of hydrogen-bond donors (Lipinski definition) is 1. The predicted molar refractivity (Wildman–Crippen MR) is 64.6 cm³/mol. The molecule has 0 saturated heterocycles. The molecule has 0 bridgehead atoms. The highest BCUT2D eigenvalue weighted by atomic mass is 32.1. The van der Waals surface area contributed by atoms with Gasteiger partial charge in [0.05, 0.1) is 7.11 Å². The van der Waals surface area contributed by atoms with E-state index in [1.807, 2.05) is 24.3 Å². The molecule has 0 unspecified atom stereocenters. The Hall–Kier alpha value is -1.95. The van der Waals surface area contributed by atoms with E-state index < -0.39 is 0 Å². The normalized spacial score (nSPS) is 10.8. The van der Waals surface area contributed by atoms with Crippen molar-refractivity contribution in [2.24, 2.45) is 4.99 Å². The van der Waals surface area contributed by atoms with E-state index in [4.69, 9.17) is 10.5 Å². The summed E-state index contributed by atoms with van der Waals surface area (Å²) in [6.45, 7) is 0. The minimum Gasteiger partial charge on any atom is -0.497 e. The number of methoxy groups -OCH3 is 1. The fourth-order valence-electron chi connectivity index (χ4n) is 1.10. The molecule has 0 aliphatic rings. The Morgan fingerprint density at radius 1 is 1.38 bits per heavy atom. The molecule has 0 aliphatic carbocycles. The third-order valence-corrected chi connectivity index (χ3v) is 2.41. The molecule has 0 amide bonds. The summed E-state index contributed by atoms with van der Waals surface area (Å²) in [5.74, 6) is 1.20. The fourth-order valence-corrected chi connectivity index (χ4v) is 1.49. The van der Waals surface area contributed by atoms with Crippen LogP contribution in [0.1, 0.15) is 5.56 Å². The number of aromatic nitrogens is 2. The molecule has 2 N–H and O–H groups in total. The van der Waals surface area contributed by atoms with Gasteiger partial charge in [0.1, 0.15) is 5.75 Å². The lowest BCUT2D eigenvalue weighted by Gasteiger charge is -1.98. The van der Waals surface area contributed by atoms with Gasteiger partial charge in [-0.3, -0.25) is 0 Å². The van der Waals surface area contributed by atoms with Gasteiger partial charge in [-0.25, -0.2) is 4.99 Å². The van der Waals surface area contributed by atoms with E-state index >= 15 is 0 Å². The molecule has 0 fully saturated rings. The van der Waals surface area contributed by atoms with Crippen molar-refractivity contribution in [3.63, 3.8) is 0 Å². The van der Waals surface area contributed by atoms with Crippen LogP contribution in [0.4, 0.5) is 11.1 Å². The second-order valence-electron chi connectivity index (χ2n) is 2.96. The first-order chi connectivity index (χ1) is 7.78. The Morgan fingerprint density at radius 3 is 2.69 bits per heavy atom. The molecule has 6 heteroatoms. The van der Waals surface area contributed by atoms with Gasteiger partial charge in [0, 0.05) is 17.7 Å². The van der Waals surface area contributed by atoms with Gasteiger partial charge in [-0.2, -0.15) is 4.98 Å². The Bertz CT molecular complexity index is 492. The average Bonchev–Trinajstić information content (AvgIpc) is 2.73. The summed E-state index contributed by atoms with van der Waals surface area (Å²) in [5, 5.41) is 0.418. The highest BCUT2D eigenvalue weighted by molar-refractivity contribution is 7.09. The molecule has 0 spiro atoms. The maximum absolute atomic E-state index is 5.44. The lowest BCUT2D eigenvalue weighted by molar-refractivity contribution is 0.415. The van der Waals surface area contributed by atoms with Crippen molar-refractivity contribution < 1.29 is 4.74 Å². The molecule has 0 atom stereocenters. The maximum atomic E-state index is 5.44. The smallest absolute Gasteiger partial charge is 0.263 e. The minimum atomic E-state index is 0.387. The van der Waals surface area contributed by atoms with Gasteiger partial charge in [0.15, 0.2) is 0 Å². The number of anilines is 1. The van der Waals surface area contributed by atoms with E-state index in [1.165, 1.54) is 0 Å². The van der Waals surface area contributed by atoms with Crippen LogP contribution in [-0.4, -0.2) is 22.7 Å². The molecule has 0 aliphatic heterocycles. The first-order valence-corrected chi connectivity index (χ1v) is 5.32. The number of hydrogen-bond acceptors (Lipinski definition) is 6. The Labute approximate surface area is 96.8 Å². The van der Waals surface area contributed by atoms with Crippen LogP contribution >= 0.6 is 11.5 Å². The summed E-state index contributed by atoms with van der Waals surface area (Å²) in [5.41, 5.74) is 6.39. The van der Waals surface area contributed by atoms with Crippen molar-refractivity contribution in [2.45, 2.75) is 0 Å². The van der Waals surface area contributed by atoms with Crippen molar-refractivity contribution in [3.8, 4) is 5.75 Å². The van der Waals surface area contributed by atoms with Crippen molar-refractivity contribution in [1.82, 2.24) is 9.36 Å². The van der Waals surface area contributed by atoms with Crippen LogP contribution in [0.5, 0.6) is 5.75 Å². The van der Waals surface area contributed by atoms with E-state index in [2.05, 4.69) is 14.3 Å². The van der Waals surface area contributed by atoms with Crippen LogP contribution in [0.3, 0.4) is 0 Å². The average molecular weight is 234 g/mol. The molecule has 16 heavy (non-hydrogen) atoms. The standard InChI is InChI=1S/C10H10N4OS/c1-15-8-4-2-7(3-5-8)6-12-10-13-9(11)16-14-10/h2-6H,1H3,(H2,11,13,14). The van der Waals surface area contributed by atoms with Crippen molar-refractivity contribution in [1.29, 1.82) is 0 Å². The Balaban J connectivity index is 2.11. The molecule has 1 aromatic heterocycles. The monoisotopic (exact) mass is 234 g/mol. The van der Waals surface area contributed by atoms with E-state index in [1.54, 1.807) is 13.3 Å². The van der Waals surface area contributed by atoms with Gasteiger partial charge in [-0.05, 0) is 29.8 Å². The van der Waals surface area contributed by atoms with Gasteiger partial charge in [0.2, 0.25) is 5.13 Å². The van der Waals surface area contributed by atoms with E-state index in [0.717, 1.165) is 22.8 Å². The number of nitrogens with zero attached hydrogens (tertiary/aromatic N) is 3. The summed E-state index contributed by atoms with van der Waals surface area (Å²) < 4.78 is 9.00. The third kappa shape index (κ3) is 2.54. The number of nitrogen functional groups attached to an aromatic ring is 1. The third-order valence-electron chi connectivity index (χ3n) is 1.88. The number of benzene rings is 1. The number of rotatable bonds is 3. The van der Waals surface area contributed by atoms with Crippen LogP contribution in [0.15, 0.2) is 29.3 Å². The van der Waals surface area contributed by atoms with Gasteiger partial charge in [-0.1, -0.05) is 0 Å². The second kappa shape index (κ2) is 4.71. The summed E-state index contributed by atoms with van der Waals surface area (Å²) in [4.78, 5) is 8.02. The topological polar surface area (TPSA) is 73.4 Å². The zero-order valence-corrected chi connectivity index (χ0v) is 9.44. The first-order valence-electron chi connectivity index (χ1n) is 4.55. The summed E-state index contributed by atoms with van der Waals surface area (Å²) in [7, 11) is 1.63. The van der Waals surface area contributed by atoms with Crippen LogP contribution in [0.25, 0.3) is 0 Å². The number of nitrogens with two attached hydrogens (primary N) is 1. The molecule has 2 rings (SSSR count). The molecular formula is C10H10N4OS. The van der Waals surface area contributed by atoms with Crippen LogP contribution in [-0.2, 0) is 0 Å². The molecular weight excluding hydrogens is 224 g/mol. The summed E-state index contributed by atoms with van der Waals surface area (Å²) in [6, 6.07) is 7.53. The van der Waals surface area contributed by atoms with Crippen LogP contribution in [0.2, 0.25) is 0 Å². The van der Waals surface area contributed by atoms with E-state index in [-0.39, 0.29) is 0 Å². The molecule has 0 saturated carbocycles. The zero-order chi connectivity index (χ0) is 11.4. The first kappa shape index (κ1) is 10.6. The number of ether oxygens (including phenoxy) is 1. The Morgan fingerprint density at radius 2 is 2.12 bits per heavy atom. The molecule has 1 heterocycles. The highest BCUT2D eigenvalue weighted by Gasteiger charge is 1.96. The zero-order valence-electron chi connectivity index (χ0n) is 8.62. The highest BCUT2D eigenvalue weighted by Crippen LogP contribution is 2.14. The molecule has 2 aromatic rings. The SMILES string of the molecule is COc1ccc(C=Nc2nsc(N)n2)cc1. The van der Waals surface area contributed by atoms with E-state index in [9.17, 15) is 0 Å². The number of aliphatic imine (C=N–C) groups is 1. The fraction of sp³-hybridized carbons (Fsp3) is 0.100. The predicted octanol–water partition coefficient (Wildman–Crippen LogP) is 1.88. The van der Waals surface area contributed by atoms with Crippen LogP contribution < -0.4 is 10.5 Å². The van der Waals surface area contributed by atoms with Gasteiger partial charge in [-0.15, -0.1) is 4.37 Å². The van der Waals surface area contributed by atoms with Gasteiger partial charge >= 0.3 is 0 Å². The molecule has 0 radical (unpaired) electrons. The van der Waals surface area contributed by atoms with Crippen molar-refractivity contribution >= 4 is 28.8 Å². The summed E-state index contributed by atoms with van der Waals surface area (Å²) >= 11 is 1.13. The largest absolute Gasteiger partial charge is 0.497 e. The minimum absolute atomic E-state index is 0.387. The van der Waals surface area contributed by atoms with E-state index in [0.29, 0.717) is 11.1 Å². The molecule has 82 valence electrons. The maximum Gasteiger partial charge on any atom is 0.263 e. The Kier molecular flexibility index (Phi) is 3.11. The van der Waals surface area contributed by atoms with Crippen molar-refractivity contribution in [3.05, 3.63) is 29.8 Å². The summed E-state index contributed by atoms with van der Waals surface area (Å²) in [6.07, 6.45) is 1.68. The lowest BCUT2D eigenvalue weighted by atomic mass is 10.2. The molecule has 1 aromatic carbocycles. The second-order valence-corrected chi connectivity index (χ2v) is 3.75. The van der Waals surface area contributed by atoms with Gasteiger partial charge in [0.25, 0.3) is 5.95 Å². The molecule has 5 nitrogen and oxygen atoms in total. The van der Waals surface area contributed by atoms with Crippen molar-refractivity contribution in [2.75, 3.05) is 12.8 Å². The van der Waals surface area contributed by atoms with Gasteiger partial charge < -0.3 is 10.5 Å². The lowest BCUT2D eigenvalue weighted by Crippen LogP contribution is -1.84. The van der Waals surface area contributed by atoms with Crippen LogP contribution in [0, 0.1) is 0 Å². The quantitative estimate of drug-likeness (QED) is 0.823.